The zero-order valence-corrected chi connectivity index (χ0v) is 13.9. The van der Waals surface area contributed by atoms with Crippen molar-refractivity contribution in [3.05, 3.63) is 59.9 Å². The Balaban J connectivity index is 1.60. The molecular formula is C18H18FN3OS. The van der Waals surface area contributed by atoms with E-state index in [2.05, 4.69) is 10.6 Å². The van der Waals surface area contributed by atoms with Gasteiger partial charge in [0.05, 0.1) is 0 Å². The van der Waals surface area contributed by atoms with Crippen molar-refractivity contribution < 1.29 is 9.18 Å². The van der Waals surface area contributed by atoms with Crippen LogP contribution in [-0.4, -0.2) is 17.6 Å². The highest BCUT2D eigenvalue weighted by Gasteiger charge is 2.21. The van der Waals surface area contributed by atoms with Gasteiger partial charge in [-0.15, -0.1) is 0 Å². The standard InChI is InChI=1S/C18H18FN3OS/c19-16-8-2-1-5-13(16)12-20-18(24)21-14-6-3-7-15(11-14)22-10-4-9-17(22)23/h1-3,5-8,11H,4,9-10,12H2,(H2,20,21,24). The fourth-order valence-electron chi connectivity index (χ4n) is 2.67. The number of carbonyl (C=O) groups is 1. The molecule has 2 aromatic carbocycles. The van der Waals surface area contributed by atoms with E-state index >= 15 is 0 Å². The van der Waals surface area contributed by atoms with Gasteiger partial charge in [0, 0.05) is 36.4 Å². The molecule has 2 aromatic rings. The van der Waals surface area contributed by atoms with Crippen molar-refractivity contribution in [3.63, 3.8) is 0 Å². The SMILES string of the molecule is O=C1CCCN1c1cccc(NC(=S)NCc2ccccc2F)c1. The molecule has 3 rings (SSSR count). The second kappa shape index (κ2) is 7.40. The van der Waals surface area contributed by atoms with Gasteiger partial charge in [-0.2, -0.15) is 0 Å². The number of anilines is 2. The summed E-state index contributed by atoms with van der Waals surface area (Å²) >= 11 is 5.25. The first-order valence-electron chi connectivity index (χ1n) is 7.82. The van der Waals surface area contributed by atoms with Gasteiger partial charge >= 0.3 is 0 Å². The first-order valence-corrected chi connectivity index (χ1v) is 8.23. The number of halogens is 1. The average Bonchev–Trinajstić information content (AvgIpc) is 3.00. The van der Waals surface area contributed by atoms with Gasteiger partial charge in [-0.3, -0.25) is 4.79 Å². The Hall–Kier alpha value is -2.47. The summed E-state index contributed by atoms with van der Waals surface area (Å²) < 4.78 is 13.6. The second-order valence-corrected chi connectivity index (χ2v) is 6.01. The molecule has 2 N–H and O–H groups in total. The van der Waals surface area contributed by atoms with E-state index in [1.807, 2.05) is 24.3 Å². The summed E-state index contributed by atoms with van der Waals surface area (Å²) in [7, 11) is 0. The smallest absolute Gasteiger partial charge is 0.227 e. The van der Waals surface area contributed by atoms with Gasteiger partial charge in [0.25, 0.3) is 0 Å². The average molecular weight is 343 g/mol. The third kappa shape index (κ3) is 3.89. The van der Waals surface area contributed by atoms with Crippen molar-refractivity contribution in [2.24, 2.45) is 0 Å². The summed E-state index contributed by atoms with van der Waals surface area (Å²) in [5, 5.41) is 6.46. The molecule has 0 aromatic heterocycles. The van der Waals surface area contributed by atoms with Crippen LogP contribution in [0.3, 0.4) is 0 Å². The molecule has 1 fully saturated rings. The van der Waals surface area contributed by atoms with Crippen molar-refractivity contribution in [1.82, 2.24) is 5.32 Å². The molecule has 0 spiro atoms. The van der Waals surface area contributed by atoms with Crippen molar-refractivity contribution in [2.75, 3.05) is 16.8 Å². The third-order valence-corrected chi connectivity index (χ3v) is 4.13. The van der Waals surface area contributed by atoms with E-state index in [0.29, 0.717) is 23.6 Å². The lowest BCUT2D eigenvalue weighted by molar-refractivity contribution is -0.117. The maximum absolute atomic E-state index is 13.6. The Morgan fingerprint density at radius 2 is 2.04 bits per heavy atom. The van der Waals surface area contributed by atoms with E-state index in [0.717, 1.165) is 24.3 Å². The predicted molar refractivity (Wildman–Crippen MR) is 97.5 cm³/mol. The number of amides is 1. The van der Waals surface area contributed by atoms with Crippen molar-refractivity contribution in [3.8, 4) is 0 Å². The Morgan fingerprint density at radius 3 is 2.79 bits per heavy atom. The predicted octanol–water partition coefficient (Wildman–Crippen LogP) is 3.44. The molecule has 0 unspecified atom stereocenters. The van der Waals surface area contributed by atoms with E-state index in [9.17, 15) is 9.18 Å². The fraction of sp³-hybridized carbons (Fsp3) is 0.222. The van der Waals surface area contributed by atoms with Gasteiger partial charge in [-0.05, 0) is 42.9 Å². The molecule has 1 aliphatic rings. The minimum atomic E-state index is -0.262. The molecule has 0 atom stereocenters. The molecule has 1 amide bonds. The second-order valence-electron chi connectivity index (χ2n) is 5.60. The Bertz CT molecular complexity index is 765. The van der Waals surface area contributed by atoms with Crippen LogP contribution in [0.2, 0.25) is 0 Å². The molecule has 124 valence electrons. The summed E-state index contributed by atoms with van der Waals surface area (Å²) in [6.45, 7) is 1.06. The van der Waals surface area contributed by atoms with Crippen LogP contribution < -0.4 is 15.5 Å². The molecule has 1 heterocycles. The van der Waals surface area contributed by atoms with Gasteiger partial charge in [0.2, 0.25) is 5.91 Å². The maximum atomic E-state index is 13.6. The van der Waals surface area contributed by atoms with Gasteiger partial charge in [0.15, 0.2) is 5.11 Å². The maximum Gasteiger partial charge on any atom is 0.227 e. The number of nitrogens with one attached hydrogen (secondary N) is 2. The van der Waals surface area contributed by atoms with E-state index in [4.69, 9.17) is 12.2 Å². The Morgan fingerprint density at radius 1 is 1.21 bits per heavy atom. The first kappa shape index (κ1) is 16.4. The van der Waals surface area contributed by atoms with Crippen molar-refractivity contribution >= 4 is 34.6 Å². The molecule has 1 saturated heterocycles. The minimum absolute atomic E-state index is 0.146. The molecule has 0 saturated carbocycles. The molecule has 4 nitrogen and oxygen atoms in total. The summed E-state index contributed by atoms with van der Waals surface area (Å²) in [6, 6.07) is 14.1. The number of carbonyl (C=O) groups excluding carboxylic acids is 1. The highest BCUT2D eigenvalue weighted by atomic mass is 32.1. The van der Waals surface area contributed by atoms with Crippen molar-refractivity contribution in [1.29, 1.82) is 0 Å². The molecule has 0 radical (unpaired) electrons. The zero-order chi connectivity index (χ0) is 16.9. The number of rotatable bonds is 4. The summed E-state index contributed by atoms with van der Waals surface area (Å²) in [5.74, 6) is -0.116. The number of hydrogen-bond donors (Lipinski definition) is 2. The number of benzene rings is 2. The molecule has 0 aliphatic carbocycles. The zero-order valence-electron chi connectivity index (χ0n) is 13.1. The van der Waals surface area contributed by atoms with Crippen LogP contribution in [0.1, 0.15) is 18.4 Å². The molecule has 24 heavy (non-hydrogen) atoms. The van der Waals surface area contributed by atoms with Crippen LogP contribution >= 0.6 is 12.2 Å². The largest absolute Gasteiger partial charge is 0.358 e. The van der Waals surface area contributed by atoms with E-state index < -0.39 is 0 Å². The van der Waals surface area contributed by atoms with E-state index in [-0.39, 0.29) is 11.7 Å². The van der Waals surface area contributed by atoms with Crippen LogP contribution in [0.5, 0.6) is 0 Å². The highest BCUT2D eigenvalue weighted by Crippen LogP contribution is 2.24. The Kier molecular flexibility index (Phi) is 5.05. The van der Waals surface area contributed by atoms with E-state index in [1.165, 1.54) is 6.07 Å². The first-order chi connectivity index (χ1) is 11.6. The fourth-order valence-corrected chi connectivity index (χ4v) is 2.86. The van der Waals surface area contributed by atoms with Gasteiger partial charge in [-0.25, -0.2) is 4.39 Å². The number of thiocarbonyl (C=S) groups is 1. The van der Waals surface area contributed by atoms with Crippen molar-refractivity contribution in [2.45, 2.75) is 19.4 Å². The normalized spacial score (nSPS) is 13.9. The van der Waals surface area contributed by atoms with Crippen LogP contribution in [0.15, 0.2) is 48.5 Å². The number of nitrogens with zero attached hydrogens (tertiary/aromatic N) is 1. The topological polar surface area (TPSA) is 44.4 Å². The number of hydrogen-bond acceptors (Lipinski definition) is 2. The third-order valence-electron chi connectivity index (χ3n) is 3.89. The molecular weight excluding hydrogens is 325 g/mol. The summed E-state index contributed by atoms with van der Waals surface area (Å²) in [6.07, 6.45) is 1.49. The summed E-state index contributed by atoms with van der Waals surface area (Å²) in [5.41, 5.74) is 2.20. The van der Waals surface area contributed by atoms with Gasteiger partial charge in [-0.1, -0.05) is 24.3 Å². The highest BCUT2D eigenvalue weighted by molar-refractivity contribution is 7.80. The lowest BCUT2D eigenvalue weighted by Gasteiger charge is -2.17. The molecule has 6 heteroatoms. The molecule has 1 aliphatic heterocycles. The van der Waals surface area contributed by atoms with Crippen LogP contribution in [0, 0.1) is 5.82 Å². The Labute approximate surface area is 145 Å². The van der Waals surface area contributed by atoms with Gasteiger partial charge in [0.1, 0.15) is 5.82 Å². The summed E-state index contributed by atoms with van der Waals surface area (Å²) in [4.78, 5) is 13.6. The quantitative estimate of drug-likeness (QED) is 0.835. The van der Waals surface area contributed by atoms with E-state index in [1.54, 1.807) is 23.1 Å². The monoisotopic (exact) mass is 343 g/mol. The van der Waals surface area contributed by atoms with Crippen LogP contribution in [0.4, 0.5) is 15.8 Å². The minimum Gasteiger partial charge on any atom is -0.358 e. The molecule has 0 bridgehead atoms. The van der Waals surface area contributed by atoms with Gasteiger partial charge < -0.3 is 15.5 Å². The lowest BCUT2D eigenvalue weighted by Crippen LogP contribution is -2.28. The lowest BCUT2D eigenvalue weighted by atomic mass is 10.2. The van der Waals surface area contributed by atoms with Crippen LogP contribution in [-0.2, 0) is 11.3 Å². The van der Waals surface area contributed by atoms with Crippen LogP contribution in [0.25, 0.3) is 0 Å².